The van der Waals surface area contributed by atoms with E-state index in [1.54, 1.807) is 10.8 Å². The fraction of sp³-hybridized carbons (Fsp3) is 0.263. The van der Waals surface area contributed by atoms with Crippen LogP contribution in [0.3, 0.4) is 0 Å². The van der Waals surface area contributed by atoms with Crippen molar-refractivity contribution < 1.29 is 4.52 Å². The van der Waals surface area contributed by atoms with Crippen LogP contribution in [0.25, 0.3) is 17.0 Å². The minimum absolute atomic E-state index is 0.340. The minimum Gasteiger partial charge on any atom is -0.361 e. The molecule has 130 valence electrons. The second-order valence-electron chi connectivity index (χ2n) is 6.64. The van der Waals surface area contributed by atoms with E-state index in [1.165, 1.54) is 0 Å². The average Bonchev–Trinajstić information content (AvgIpc) is 3.41. The maximum atomic E-state index is 5.46. The van der Waals surface area contributed by atoms with Crippen LogP contribution in [0.1, 0.15) is 23.8 Å². The van der Waals surface area contributed by atoms with Crippen molar-refractivity contribution in [1.82, 2.24) is 24.7 Å². The van der Waals surface area contributed by atoms with Gasteiger partial charge in [0.05, 0.1) is 11.4 Å². The number of aryl methyl sites for hydroxylation is 1. The number of nitrogens with zero attached hydrogens (tertiary/aromatic N) is 6. The zero-order chi connectivity index (χ0) is 17.5. The lowest BCUT2D eigenvalue weighted by Crippen LogP contribution is -2.21. The standard InChI is InChI=1S/C19H18N6O/c1-13-9-17(26-23-13)15-7-8-24(11-15)18-10-16(14-5-3-2-4-6-14)25-19(22-18)20-12-21-25/h2-6,9-10,12,15H,7-8,11H2,1H3. The van der Waals surface area contributed by atoms with E-state index < -0.39 is 0 Å². The Morgan fingerprint density at radius 3 is 2.85 bits per heavy atom. The van der Waals surface area contributed by atoms with Crippen LogP contribution >= 0.6 is 0 Å². The van der Waals surface area contributed by atoms with Crippen LogP contribution in [-0.2, 0) is 0 Å². The lowest BCUT2D eigenvalue weighted by atomic mass is 10.1. The molecule has 1 aliphatic rings. The molecule has 1 unspecified atom stereocenters. The lowest BCUT2D eigenvalue weighted by Gasteiger charge is -2.18. The molecule has 0 N–H and O–H groups in total. The van der Waals surface area contributed by atoms with Gasteiger partial charge in [0, 0.05) is 36.7 Å². The third kappa shape index (κ3) is 2.52. The number of fused-ring (bicyclic) bond motifs is 1. The van der Waals surface area contributed by atoms with Crippen LogP contribution in [0.4, 0.5) is 5.82 Å². The molecule has 1 atom stereocenters. The average molecular weight is 346 g/mol. The Balaban J connectivity index is 1.52. The van der Waals surface area contributed by atoms with Crippen molar-refractivity contribution >= 4 is 11.6 Å². The first-order valence-electron chi connectivity index (χ1n) is 8.72. The van der Waals surface area contributed by atoms with Crippen LogP contribution in [-0.4, -0.2) is 37.8 Å². The summed E-state index contributed by atoms with van der Waals surface area (Å²) in [7, 11) is 0. The maximum absolute atomic E-state index is 5.46. The van der Waals surface area contributed by atoms with Crippen molar-refractivity contribution in [1.29, 1.82) is 0 Å². The first-order chi connectivity index (χ1) is 12.8. The largest absolute Gasteiger partial charge is 0.361 e. The van der Waals surface area contributed by atoms with E-state index in [9.17, 15) is 0 Å². The molecule has 1 aromatic carbocycles. The van der Waals surface area contributed by atoms with Crippen LogP contribution in [0.2, 0.25) is 0 Å². The van der Waals surface area contributed by atoms with Gasteiger partial charge < -0.3 is 9.42 Å². The fourth-order valence-corrected chi connectivity index (χ4v) is 3.55. The predicted octanol–water partition coefficient (Wildman–Crippen LogP) is 3.08. The van der Waals surface area contributed by atoms with Gasteiger partial charge in [0.25, 0.3) is 5.78 Å². The monoisotopic (exact) mass is 346 g/mol. The van der Waals surface area contributed by atoms with Crippen molar-refractivity contribution in [3.8, 4) is 11.3 Å². The minimum atomic E-state index is 0.340. The molecule has 0 aliphatic carbocycles. The molecule has 0 saturated carbocycles. The molecule has 4 heterocycles. The van der Waals surface area contributed by atoms with E-state index in [-0.39, 0.29) is 0 Å². The smallest absolute Gasteiger partial charge is 0.254 e. The molecule has 0 radical (unpaired) electrons. The number of rotatable bonds is 3. The normalized spacial score (nSPS) is 17.3. The molecule has 3 aromatic heterocycles. The van der Waals surface area contributed by atoms with Gasteiger partial charge in [-0.2, -0.15) is 19.6 Å². The molecular weight excluding hydrogens is 328 g/mol. The van der Waals surface area contributed by atoms with E-state index in [2.05, 4.69) is 38.3 Å². The summed E-state index contributed by atoms with van der Waals surface area (Å²) in [6, 6.07) is 14.3. The zero-order valence-corrected chi connectivity index (χ0v) is 14.4. The van der Waals surface area contributed by atoms with Gasteiger partial charge in [-0.15, -0.1) is 0 Å². The highest BCUT2D eigenvalue weighted by atomic mass is 16.5. The van der Waals surface area contributed by atoms with Crippen molar-refractivity contribution in [2.24, 2.45) is 0 Å². The topological polar surface area (TPSA) is 72.3 Å². The van der Waals surface area contributed by atoms with Gasteiger partial charge in [-0.1, -0.05) is 35.5 Å². The summed E-state index contributed by atoms with van der Waals surface area (Å²) in [6.07, 6.45) is 2.57. The maximum Gasteiger partial charge on any atom is 0.254 e. The van der Waals surface area contributed by atoms with Gasteiger partial charge >= 0.3 is 0 Å². The molecule has 1 saturated heterocycles. The highest BCUT2D eigenvalue weighted by Gasteiger charge is 2.28. The van der Waals surface area contributed by atoms with E-state index in [0.717, 1.165) is 48.0 Å². The predicted molar refractivity (Wildman–Crippen MR) is 97.0 cm³/mol. The molecule has 26 heavy (non-hydrogen) atoms. The van der Waals surface area contributed by atoms with Crippen molar-refractivity contribution in [3.05, 3.63) is 60.2 Å². The molecule has 5 rings (SSSR count). The van der Waals surface area contributed by atoms with Crippen LogP contribution in [0.5, 0.6) is 0 Å². The Morgan fingerprint density at radius 1 is 1.15 bits per heavy atom. The van der Waals surface area contributed by atoms with Gasteiger partial charge in [-0.3, -0.25) is 0 Å². The van der Waals surface area contributed by atoms with E-state index in [4.69, 9.17) is 9.51 Å². The molecule has 7 nitrogen and oxygen atoms in total. The summed E-state index contributed by atoms with van der Waals surface area (Å²) in [5, 5.41) is 8.35. The Morgan fingerprint density at radius 2 is 2.04 bits per heavy atom. The number of aromatic nitrogens is 5. The third-order valence-corrected chi connectivity index (χ3v) is 4.87. The second kappa shape index (κ2) is 5.94. The first-order valence-corrected chi connectivity index (χ1v) is 8.72. The molecule has 0 amide bonds. The molecule has 0 spiro atoms. The third-order valence-electron chi connectivity index (χ3n) is 4.87. The van der Waals surface area contributed by atoms with Crippen LogP contribution < -0.4 is 4.90 Å². The Labute approximate surface area is 150 Å². The summed E-state index contributed by atoms with van der Waals surface area (Å²) in [5.41, 5.74) is 3.00. The highest BCUT2D eigenvalue weighted by molar-refractivity contribution is 5.66. The molecule has 0 bridgehead atoms. The van der Waals surface area contributed by atoms with Crippen LogP contribution in [0, 0.1) is 6.92 Å². The Hall–Kier alpha value is -3.22. The second-order valence-corrected chi connectivity index (χ2v) is 6.64. The fourth-order valence-electron chi connectivity index (χ4n) is 3.55. The van der Waals surface area contributed by atoms with Crippen molar-refractivity contribution in [2.75, 3.05) is 18.0 Å². The molecule has 7 heteroatoms. The quantitative estimate of drug-likeness (QED) is 0.568. The van der Waals surface area contributed by atoms with E-state index in [1.807, 2.05) is 31.2 Å². The lowest BCUT2D eigenvalue weighted by molar-refractivity contribution is 0.362. The molecular formula is C19H18N6O. The Bertz CT molecular complexity index is 1050. The summed E-state index contributed by atoms with van der Waals surface area (Å²) in [5.74, 6) is 2.83. The number of hydrogen-bond acceptors (Lipinski definition) is 6. The van der Waals surface area contributed by atoms with Gasteiger partial charge in [0.15, 0.2) is 0 Å². The SMILES string of the molecule is Cc1cc(C2CCN(c3cc(-c4ccccc4)n4ncnc4n3)C2)on1. The van der Waals surface area contributed by atoms with Gasteiger partial charge in [0.1, 0.15) is 17.9 Å². The van der Waals surface area contributed by atoms with Gasteiger partial charge in [0.2, 0.25) is 0 Å². The number of anilines is 1. The van der Waals surface area contributed by atoms with Crippen molar-refractivity contribution in [3.63, 3.8) is 0 Å². The van der Waals surface area contributed by atoms with Gasteiger partial charge in [-0.25, -0.2) is 0 Å². The van der Waals surface area contributed by atoms with E-state index >= 15 is 0 Å². The molecule has 4 aromatic rings. The first kappa shape index (κ1) is 15.1. The number of benzene rings is 1. The summed E-state index contributed by atoms with van der Waals surface area (Å²) < 4.78 is 7.24. The molecule has 1 aliphatic heterocycles. The molecule has 1 fully saturated rings. The number of hydrogen-bond donors (Lipinski definition) is 0. The van der Waals surface area contributed by atoms with Crippen LogP contribution in [0.15, 0.2) is 53.3 Å². The zero-order valence-electron chi connectivity index (χ0n) is 14.4. The van der Waals surface area contributed by atoms with E-state index in [0.29, 0.717) is 11.7 Å². The summed E-state index contributed by atoms with van der Waals surface area (Å²) >= 11 is 0. The summed E-state index contributed by atoms with van der Waals surface area (Å²) in [6.45, 7) is 3.74. The van der Waals surface area contributed by atoms with Gasteiger partial charge in [-0.05, 0) is 13.3 Å². The van der Waals surface area contributed by atoms with Crippen molar-refractivity contribution in [2.45, 2.75) is 19.3 Å². The highest BCUT2D eigenvalue weighted by Crippen LogP contribution is 2.32. The Kier molecular flexibility index (Phi) is 3.44. The summed E-state index contributed by atoms with van der Waals surface area (Å²) in [4.78, 5) is 11.3.